The van der Waals surface area contributed by atoms with Gasteiger partial charge in [0.25, 0.3) is 0 Å². The maximum Gasteiger partial charge on any atom is 0.337 e. The predicted octanol–water partition coefficient (Wildman–Crippen LogP) is 1.62. The van der Waals surface area contributed by atoms with Crippen LogP contribution >= 0.6 is 15.9 Å². The lowest BCUT2D eigenvalue weighted by molar-refractivity contribution is 0.0698. The van der Waals surface area contributed by atoms with Crippen molar-refractivity contribution in [2.75, 3.05) is 25.3 Å². The first kappa shape index (κ1) is 11.8. The Morgan fingerprint density at radius 3 is 2.60 bits per heavy atom. The minimum atomic E-state index is -1.04. The van der Waals surface area contributed by atoms with E-state index >= 15 is 0 Å². The first-order valence-corrected chi connectivity index (χ1v) is 4.97. The van der Waals surface area contributed by atoms with E-state index in [0.29, 0.717) is 5.69 Å². The van der Waals surface area contributed by atoms with E-state index in [-0.39, 0.29) is 11.3 Å². The van der Waals surface area contributed by atoms with Gasteiger partial charge in [-0.1, -0.05) is 0 Å². The molecule has 0 atom stereocenters. The zero-order chi connectivity index (χ0) is 11.6. The Bertz CT molecular complexity index is 393. The number of hydrogen-bond donors (Lipinski definition) is 3. The van der Waals surface area contributed by atoms with Crippen molar-refractivity contribution in [3.05, 3.63) is 22.2 Å². The van der Waals surface area contributed by atoms with Crippen LogP contribution in [-0.4, -0.2) is 30.2 Å². The van der Waals surface area contributed by atoms with Crippen molar-refractivity contribution in [1.29, 1.82) is 0 Å². The number of nitrogen functional groups attached to an aromatic ring is 1. The number of nitrogens with zero attached hydrogens (tertiary/aromatic N) is 1. The van der Waals surface area contributed by atoms with Crippen molar-refractivity contribution in [2.45, 2.75) is 0 Å². The molecule has 1 aromatic rings. The highest BCUT2D eigenvalue weighted by atomic mass is 79.9. The number of benzene rings is 1. The summed E-state index contributed by atoms with van der Waals surface area (Å²) in [5.74, 6) is -1.04. The highest BCUT2D eigenvalue weighted by Crippen LogP contribution is 2.28. The number of halogens is 1. The van der Waals surface area contributed by atoms with Crippen LogP contribution in [0.1, 0.15) is 10.4 Å². The second kappa shape index (κ2) is 4.50. The standard InChI is InChI=1S/C9H12BrN3O2/c1-13(2)12-8-3-5(9(14)15)7(11)4-6(8)10/h3-4,12H,11H2,1-2H3,(H,14,15). The van der Waals surface area contributed by atoms with Gasteiger partial charge in [-0.3, -0.25) is 0 Å². The summed E-state index contributed by atoms with van der Waals surface area (Å²) in [4.78, 5) is 10.8. The fraction of sp³-hybridized carbons (Fsp3) is 0.222. The van der Waals surface area contributed by atoms with Crippen LogP contribution in [0.3, 0.4) is 0 Å². The fourth-order valence-electron chi connectivity index (χ4n) is 1.10. The van der Waals surface area contributed by atoms with Gasteiger partial charge in [-0.05, 0) is 28.1 Å². The van der Waals surface area contributed by atoms with Crippen molar-refractivity contribution in [3.63, 3.8) is 0 Å². The number of hydrogen-bond acceptors (Lipinski definition) is 4. The molecule has 6 heteroatoms. The van der Waals surface area contributed by atoms with Crippen molar-refractivity contribution in [2.24, 2.45) is 0 Å². The van der Waals surface area contributed by atoms with Crippen molar-refractivity contribution < 1.29 is 9.90 Å². The zero-order valence-electron chi connectivity index (χ0n) is 8.41. The van der Waals surface area contributed by atoms with E-state index in [4.69, 9.17) is 10.8 Å². The van der Waals surface area contributed by atoms with Crippen LogP contribution < -0.4 is 11.2 Å². The second-order valence-electron chi connectivity index (χ2n) is 3.23. The van der Waals surface area contributed by atoms with Gasteiger partial charge in [-0.2, -0.15) is 0 Å². The Kier molecular flexibility index (Phi) is 3.54. The summed E-state index contributed by atoms with van der Waals surface area (Å²) < 4.78 is 0.721. The minimum absolute atomic E-state index is 0.0857. The third-order valence-corrected chi connectivity index (χ3v) is 2.37. The number of nitrogens with one attached hydrogen (secondary N) is 1. The van der Waals surface area contributed by atoms with Gasteiger partial charge >= 0.3 is 5.97 Å². The summed E-state index contributed by atoms with van der Waals surface area (Å²) >= 11 is 3.30. The summed E-state index contributed by atoms with van der Waals surface area (Å²) in [6.45, 7) is 0. The van der Waals surface area contributed by atoms with Crippen LogP contribution in [0.5, 0.6) is 0 Å². The quantitative estimate of drug-likeness (QED) is 0.576. The van der Waals surface area contributed by atoms with Gasteiger partial charge < -0.3 is 16.3 Å². The maximum atomic E-state index is 10.8. The van der Waals surface area contributed by atoms with Gasteiger partial charge in [0.15, 0.2) is 0 Å². The first-order valence-electron chi connectivity index (χ1n) is 4.18. The smallest absolute Gasteiger partial charge is 0.337 e. The summed E-state index contributed by atoms with van der Waals surface area (Å²) in [5, 5.41) is 10.6. The summed E-state index contributed by atoms with van der Waals surface area (Å²) in [7, 11) is 3.62. The number of carboxylic acid groups (broad SMARTS) is 1. The van der Waals surface area contributed by atoms with Gasteiger partial charge in [0.1, 0.15) is 0 Å². The maximum absolute atomic E-state index is 10.8. The monoisotopic (exact) mass is 273 g/mol. The molecule has 1 aromatic carbocycles. The Hall–Kier alpha value is -1.27. The molecule has 0 aromatic heterocycles. The molecule has 5 nitrogen and oxygen atoms in total. The molecule has 82 valence electrons. The lowest BCUT2D eigenvalue weighted by Crippen LogP contribution is -2.20. The number of nitrogens with two attached hydrogens (primary N) is 1. The third-order valence-electron chi connectivity index (χ3n) is 1.71. The molecular formula is C9H12BrN3O2. The molecular weight excluding hydrogens is 262 g/mol. The number of aromatic carboxylic acids is 1. The van der Waals surface area contributed by atoms with Gasteiger partial charge in [0.2, 0.25) is 0 Å². The molecule has 1 rings (SSSR count). The lowest BCUT2D eigenvalue weighted by Gasteiger charge is -2.16. The minimum Gasteiger partial charge on any atom is -0.478 e. The number of carboxylic acids is 1. The molecule has 0 saturated carbocycles. The third kappa shape index (κ3) is 2.84. The average molecular weight is 274 g/mol. The largest absolute Gasteiger partial charge is 0.478 e. The summed E-state index contributed by atoms with van der Waals surface area (Å²) in [6.07, 6.45) is 0. The topological polar surface area (TPSA) is 78.6 Å². The summed E-state index contributed by atoms with van der Waals surface area (Å²) in [5.41, 5.74) is 9.51. The van der Waals surface area contributed by atoms with Crippen LogP contribution in [-0.2, 0) is 0 Å². The van der Waals surface area contributed by atoms with Gasteiger partial charge in [-0.25, -0.2) is 9.80 Å². The Morgan fingerprint density at radius 1 is 1.53 bits per heavy atom. The van der Waals surface area contributed by atoms with Gasteiger partial charge in [-0.15, -0.1) is 0 Å². The normalized spacial score (nSPS) is 10.4. The molecule has 0 fully saturated rings. The van der Waals surface area contributed by atoms with Crippen LogP contribution in [0.25, 0.3) is 0 Å². The van der Waals surface area contributed by atoms with Crippen molar-refractivity contribution in [3.8, 4) is 0 Å². The molecule has 0 spiro atoms. The highest BCUT2D eigenvalue weighted by Gasteiger charge is 2.12. The molecule has 0 aliphatic heterocycles. The highest BCUT2D eigenvalue weighted by molar-refractivity contribution is 9.10. The fourth-order valence-corrected chi connectivity index (χ4v) is 1.55. The molecule has 0 heterocycles. The van der Waals surface area contributed by atoms with E-state index in [1.807, 2.05) is 14.1 Å². The number of hydrazine groups is 1. The Labute approximate surface area is 96.0 Å². The molecule has 0 aliphatic carbocycles. The Morgan fingerprint density at radius 2 is 2.13 bits per heavy atom. The molecule has 15 heavy (non-hydrogen) atoms. The number of rotatable bonds is 3. The lowest BCUT2D eigenvalue weighted by atomic mass is 10.1. The SMILES string of the molecule is CN(C)Nc1cc(C(=O)O)c(N)cc1Br. The van der Waals surface area contributed by atoms with Gasteiger partial charge in [0, 0.05) is 24.3 Å². The number of anilines is 2. The molecule has 0 bridgehead atoms. The molecule has 0 amide bonds. The second-order valence-corrected chi connectivity index (χ2v) is 4.09. The van der Waals surface area contributed by atoms with Crippen LogP contribution in [0.4, 0.5) is 11.4 Å². The molecule has 4 N–H and O–H groups in total. The predicted molar refractivity (Wildman–Crippen MR) is 62.8 cm³/mol. The molecule has 0 saturated heterocycles. The van der Waals surface area contributed by atoms with E-state index in [1.165, 1.54) is 6.07 Å². The van der Waals surface area contributed by atoms with Crippen LogP contribution in [0.15, 0.2) is 16.6 Å². The zero-order valence-corrected chi connectivity index (χ0v) is 10.00. The summed E-state index contributed by atoms with van der Waals surface area (Å²) in [6, 6.07) is 3.05. The number of carbonyl (C=O) groups is 1. The van der Waals surface area contributed by atoms with Gasteiger partial charge in [0.05, 0.1) is 11.3 Å². The Balaban J connectivity index is 3.17. The van der Waals surface area contributed by atoms with Crippen LogP contribution in [0, 0.1) is 0 Å². The first-order chi connectivity index (χ1) is 6.91. The van der Waals surface area contributed by atoms with E-state index < -0.39 is 5.97 Å². The molecule has 0 unspecified atom stereocenters. The van der Waals surface area contributed by atoms with E-state index in [0.717, 1.165) is 4.47 Å². The molecule has 0 radical (unpaired) electrons. The average Bonchev–Trinajstić information content (AvgIpc) is 2.08. The van der Waals surface area contributed by atoms with Crippen LogP contribution in [0.2, 0.25) is 0 Å². The molecule has 0 aliphatic rings. The van der Waals surface area contributed by atoms with E-state index in [2.05, 4.69) is 21.4 Å². The van der Waals surface area contributed by atoms with Crippen molar-refractivity contribution >= 4 is 33.3 Å². The van der Waals surface area contributed by atoms with E-state index in [1.54, 1.807) is 11.1 Å². The van der Waals surface area contributed by atoms with E-state index in [9.17, 15) is 4.79 Å². The van der Waals surface area contributed by atoms with Crippen molar-refractivity contribution in [1.82, 2.24) is 5.01 Å².